The molecule has 5 nitrogen and oxygen atoms in total. The Morgan fingerprint density at radius 1 is 1.47 bits per heavy atom. The van der Waals surface area contributed by atoms with E-state index in [2.05, 4.69) is 17.6 Å². The summed E-state index contributed by atoms with van der Waals surface area (Å²) in [6.45, 7) is 3.31. The highest BCUT2D eigenvalue weighted by Crippen LogP contribution is 2.17. The van der Waals surface area contributed by atoms with Gasteiger partial charge in [-0.25, -0.2) is 8.42 Å². The molecular weight excluding hydrogens is 240 g/mol. The van der Waals surface area contributed by atoms with Crippen molar-refractivity contribution in [1.82, 2.24) is 10.6 Å². The third kappa shape index (κ3) is 6.02. The Balaban J connectivity index is 2.24. The van der Waals surface area contributed by atoms with Gasteiger partial charge in [0, 0.05) is 25.3 Å². The van der Waals surface area contributed by atoms with Crippen molar-refractivity contribution in [3.63, 3.8) is 0 Å². The fourth-order valence-electron chi connectivity index (χ4n) is 2.03. The van der Waals surface area contributed by atoms with Crippen LogP contribution in [0.25, 0.3) is 0 Å². The molecule has 0 saturated carbocycles. The Bertz CT molecular complexity index is 354. The van der Waals surface area contributed by atoms with Crippen LogP contribution in [0.2, 0.25) is 0 Å². The normalized spacial score (nSPS) is 25.5. The number of nitrogens with one attached hydrogen (secondary N) is 2. The van der Waals surface area contributed by atoms with Crippen LogP contribution in [0, 0.1) is 5.92 Å². The smallest absolute Gasteiger partial charge is 0.221 e. The fourth-order valence-corrected chi connectivity index (χ4v) is 2.51. The minimum atomic E-state index is -2.99. The van der Waals surface area contributed by atoms with Crippen LogP contribution < -0.4 is 10.6 Å². The van der Waals surface area contributed by atoms with Gasteiger partial charge in [0.15, 0.2) is 0 Å². The van der Waals surface area contributed by atoms with Gasteiger partial charge in [-0.3, -0.25) is 4.79 Å². The lowest BCUT2D eigenvalue weighted by molar-refractivity contribution is -0.121. The second kappa shape index (κ2) is 6.35. The van der Waals surface area contributed by atoms with E-state index in [-0.39, 0.29) is 24.2 Å². The molecule has 2 unspecified atom stereocenters. The Kier molecular flexibility index (Phi) is 5.39. The first-order valence-electron chi connectivity index (χ1n) is 6.06. The summed E-state index contributed by atoms with van der Waals surface area (Å²) in [7, 11) is -2.99. The van der Waals surface area contributed by atoms with Crippen LogP contribution in [0.1, 0.15) is 26.2 Å². The number of hydrogen-bond donors (Lipinski definition) is 2. The molecule has 6 heteroatoms. The maximum atomic E-state index is 11.6. The summed E-state index contributed by atoms with van der Waals surface area (Å²) in [6, 6.07) is 0.224. The van der Waals surface area contributed by atoms with Gasteiger partial charge in [0.1, 0.15) is 9.84 Å². The molecule has 0 spiro atoms. The van der Waals surface area contributed by atoms with Crippen molar-refractivity contribution in [2.24, 2.45) is 5.92 Å². The Labute approximate surface area is 103 Å². The Morgan fingerprint density at radius 2 is 2.18 bits per heavy atom. The van der Waals surface area contributed by atoms with Gasteiger partial charge >= 0.3 is 0 Å². The van der Waals surface area contributed by atoms with Gasteiger partial charge in [-0.15, -0.1) is 0 Å². The van der Waals surface area contributed by atoms with Crippen LogP contribution in [-0.4, -0.2) is 45.5 Å². The van der Waals surface area contributed by atoms with Gasteiger partial charge in [-0.1, -0.05) is 6.92 Å². The van der Waals surface area contributed by atoms with Crippen molar-refractivity contribution < 1.29 is 13.2 Å². The first-order chi connectivity index (χ1) is 7.88. The predicted octanol–water partition coefficient (Wildman–Crippen LogP) is -0.0746. The van der Waals surface area contributed by atoms with E-state index in [1.807, 2.05) is 0 Å². The van der Waals surface area contributed by atoms with E-state index < -0.39 is 9.84 Å². The third-order valence-corrected chi connectivity index (χ3v) is 4.08. The molecule has 0 bridgehead atoms. The molecule has 1 amide bonds. The van der Waals surface area contributed by atoms with Crippen molar-refractivity contribution >= 4 is 15.7 Å². The molecule has 2 atom stereocenters. The molecule has 0 aromatic heterocycles. The lowest BCUT2D eigenvalue weighted by Crippen LogP contribution is -2.44. The summed E-state index contributed by atoms with van der Waals surface area (Å²) in [4.78, 5) is 11.6. The zero-order valence-corrected chi connectivity index (χ0v) is 11.3. The van der Waals surface area contributed by atoms with Crippen LogP contribution in [-0.2, 0) is 14.6 Å². The van der Waals surface area contributed by atoms with E-state index >= 15 is 0 Å². The average Bonchev–Trinajstić information content (AvgIpc) is 2.19. The minimum Gasteiger partial charge on any atom is -0.355 e. The molecule has 1 rings (SSSR count). The Hall–Kier alpha value is -0.620. The van der Waals surface area contributed by atoms with Crippen molar-refractivity contribution in [3.05, 3.63) is 0 Å². The monoisotopic (exact) mass is 262 g/mol. The molecule has 2 N–H and O–H groups in total. The highest BCUT2D eigenvalue weighted by molar-refractivity contribution is 7.90. The molecule has 0 aliphatic carbocycles. The maximum Gasteiger partial charge on any atom is 0.221 e. The molecule has 100 valence electrons. The second-order valence-corrected chi connectivity index (χ2v) is 7.12. The summed E-state index contributed by atoms with van der Waals surface area (Å²) in [5.41, 5.74) is 0. The molecule has 1 aliphatic rings. The van der Waals surface area contributed by atoms with Crippen LogP contribution in [0.3, 0.4) is 0 Å². The summed E-state index contributed by atoms with van der Waals surface area (Å²) < 4.78 is 21.8. The van der Waals surface area contributed by atoms with Crippen molar-refractivity contribution in [1.29, 1.82) is 0 Å². The zero-order valence-electron chi connectivity index (χ0n) is 10.5. The number of carbonyl (C=O) groups excluding carboxylic acids is 1. The highest BCUT2D eigenvalue weighted by atomic mass is 32.2. The summed E-state index contributed by atoms with van der Waals surface area (Å²) in [5.74, 6) is 0.441. The van der Waals surface area contributed by atoms with E-state index in [0.29, 0.717) is 12.3 Å². The molecule has 0 radical (unpaired) electrons. The number of piperidine rings is 1. The van der Waals surface area contributed by atoms with E-state index in [1.54, 1.807) is 0 Å². The van der Waals surface area contributed by atoms with E-state index in [4.69, 9.17) is 0 Å². The fraction of sp³-hybridized carbons (Fsp3) is 0.909. The highest BCUT2D eigenvalue weighted by Gasteiger charge is 2.22. The summed E-state index contributed by atoms with van der Waals surface area (Å²) in [6.07, 6.45) is 3.91. The van der Waals surface area contributed by atoms with E-state index in [1.165, 1.54) is 6.26 Å². The zero-order chi connectivity index (χ0) is 12.9. The van der Waals surface area contributed by atoms with Gasteiger partial charge in [0.2, 0.25) is 5.91 Å². The SMILES string of the molecule is CC1CCCNC1CC(=O)NCCS(C)(=O)=O. The molecular formula is C11H22N2O3S. The number of carbonyl (C=O) groups is 1. The first-order valence-corrected chi connectivity index (χ1v) is 8.12. The van der Waals surface area contributed by atoms with Gasteiger partial charge in [0.25, 0.3) is 0 Å². The number of rotatable bonds is 5. The van der Waals surface area contributed by atoms with Crippen LogP contribution >= 0.6 is 0 Å². The second-order valence-electron chi connectivity index (χ2n) is 4.86. The lowest BCUT2D eigenvalue weighted by Gasteiger charge is -2.29. The maximum absolute atomic E-state index is 11.6. The largest absolute Gasteiger partial charge is 0.355 e. The van der Waals surface area contributed by atoms with Gasteiger partial charge < -0.3 is 10.6 Å². The van der Waals surface area contributed by atoms with Crippen molar-refractivity contribution in [2.45, 2.75) is 32.2 Å². The predicted molar refractivity (Wildman–Crippen MR) is 67.5 cm³/mol. The van der Waals surface area contributed by atoms with Crippen LogP contribution in [0.5, 0.6) is 0 Å². The van der Waals surface area contributed by atoms with Crippen molar-refractivity contribution in [3.8, 4) is 0 Å². The van der Waals surface area contributed by atoms with E-state index in [0.717, 1.165) is 19.4 Å². The minimum absolute atomic E-state index is 0.00634. The van der Waals surface area contributed by atoms with Crippen LogP contribution in [0.15, 0.2) is 0 Å². The van der Waals surface area contributed by atoms with Gasteiger partial charge in [-0.05, 0) is 25.3 Å². The molecule has 17 heavy (non-hydrogen) atoms. The summed E-state index contributed by atoms with van der Waals surface area (Å²) >= 11 is 0. The molecule has 1 heterocycles. The average molecular weight is 262 g/mol. The molecule has 1 fully saturated rings. The lowest BCUT2D eigenvalue weighted by atomic mass is 9.90. The van der Waals surface area contributed by atoms with Crippen molar-refractivity contribution in [2.75, 3.05) is 25.1 Å². The van der Waals surface area contributed by atoms with Gasteiger partial charge in [-0.2, -0.15) is 0 Å². The third-order valence-electron chi connectivity index (χ3n) is 3.13. The summed E-state index contributed by atoms with van der Waals surface area (Å²) in [5, 5.41) is 5.98. The van der Waals surface area contributed by atoms with Crippen LogP contribution in [0.4, 0.5) is 0 Å². The topological polar surface area (TPSA) is 75.3 Å². The standard InChI is InChI=1S/C11H22N2O3S/c1-9-4-3-5-12-10(9)8-11(14)13-6-7-17(2,15)16/h9-10,12H,3-8H2,1-2H3,(H,13,14). The van der Waals surface area contributed by atoms with E-state index in [9.17, 15) is 13.2 Å². The Morgan fingerprint density at radius 3 is 2.76 bits per heavy atom. The first kappa shape index (κ1) is 14.4. The molecule has 1 aliphatic heterocycles. The van der Waals surface area contributed by atoms with Gasteiger partial charge in [0.05, 0.1) is 5.75 Å². The molecule has 0 aromatic rings. The molecule has 0 aromatic carbocycles. The number of sulfone groups is 1. The molecule has 1 saturated heterocycles. The quantitative estimate of drug-likeness (QED) is 0.727. The number of hydrogen-bond acceptors (Lipinski definition) is 4. The number of amides is 1.